The summed E-state index contributed by atoms with van der Waals surface area (Å²) >= 11 is 0. The first kappa shape index (κ1) is 34.2. The molecule has 1 N–H and O–H groups in total. The normalized spacial score (nSPS) is 12.0. The summed E-state index contributed by atoms with van der Waals surface area (Å²) in [7, 11) is -15.3. The van der Waals surface area contributed by atoms with E-state index in [1.807, 2.05) is 0 Å². The molecule has 0 aromatic heterocycles. The van der Waals surface area contributed by atoms with Crippen molar-refractivity contribution >= 4 is 52.5 Å². The summed E-state index contributed by atoms with van der Waals surface area (Å²) in [4.78, 5) is -2.97. The zero-order valence-corrected chi connectivity index (χ0v) is 26.4. The molecule has 0 heterocycles. The van der Waals surface area contributed by atoms with Crippen LogP contribution in [0.2, 0.25) is 0 Å². The average Bonchev–Trinajstić information content (AvgIpc) is 2.70. The Hall–Kier alpha value is 0.210. The molecule has 164 valence electrons. The van der Waals surface area contributed by atoms with Crippen molar-refractivity contribution in [1.29, 1.82) is 0 Å². The van der Waals surface area contributed by atoms with Crippen molar-refractivity contribution in [3.8, 4) is 0 Å². The Bertz CT molecular complexity index is 1530. The van der Waals surface area contributed by atoms with Gasteiger partial charge < -0.3 is 9.11 Å². The molecule has 0 saturated heterocycles. The third-order valence-corrected chi connectivity index (χ3v) is 6.95. The molecule has 3 rings (SSSR count). The summed E-state index contributed by atoms with van der Waals surface area (Å²) < 4.78 is 96.4. The molecule has 18 heteroatoms. The molecule has 3 aromatic rings. The van der Waals surface area contributed by atoms with E-state index in [4.69, 9.17) is 5.26 Å². The molecule has 0 atom stereocenters. The topological polar surface area (TPSA) is 203 Å². The van der Waals surface area contributed by atoms with Gasteiger partial charge in [0.25, 0.3) is 0 Å². The number of benzene rings is 3. The average molecular weight is 555 g/mol. The third kappa shape index (κ3) is 7.85. The van der Waals surface area contributed by atoms with Gasteiger partial charge in [0.15, 0.2) is 0 Å². The Labute approximate surface area is 261 Å². The monoisotopic (exact) mass is 555 g/mol. The van der Waals surface area contributed by atoms with Crippen LogP contribution >= 0.6 is 0 Å². The first-order valence-electron chi connectivity index (χ1n) is 7.92. The van der Waals surface area contributed by atoms with Gasteiger partial charge in [0, 0.05) is 5.39 Å². The second-order valence-electron chi connectivity index (χ2n) is 5.91. The summed E-state index contributed by atoms with van der Waals surface area (Å²) in [6.45, 7) is 0. The summed E-state index contributed by atoms with van der Waals surface area (Å²) in [6.07, 6.45) is 0. The van der Waals surface area contributed by atoms with Crippen LogP contribution in [0.1, 0.15) is 0 Å². The fourth-order valence-electron chi connectivity index (χ4n) is 2.67. The van der Waals surface area contributed by atoms with Crippen molar-refractivity contribution in [2.24, 2.45) is 10.2 Å². The van der Waals surface area contributed by atoms with Gasteiger partial charge in [-0.05, 0) is 35.7 Å². The molecule has 3 aromatic carbocycles. The van der Waals surface area contributed by atoms with E-state index in [2.05, 4.69) is 14.6 Å². The smallest absolute Gasteiger partial charge is 0.744 e. The van der Waals surface area contributed by atoms with E-state index >= 15 is 0 Å². The van der Waals surface area contributed by atoms with Crippen molar-refractivity contribution in [2.75, 3.05) is 0 Å². The van der Waals surface area contributed by atoms with Crippen LogP contribution in [0.5, 0.6) is 0 Å². The molecule has 34 heavy (non-hydrogen) atoms. The van der Waals surface area contributed by atoms with E-state index in [1.54, 1.807) is 0 Å². The van der Waals surface area contributed by atoms with E-state index in [0.717, 1.165) is 30.3 Å². The van der Waals surface area contributed by atoms with E-state index in [-0.39, 0.29) is 105 Å². The quantitative estimate of drug-likeness (QED) is 0.100. The Morgan fingerprint density at radius 3 is 1.79 bits per heavy atom. The van der Waals surface area contributed by atoms with Crippen LogP contribution in [0.3, 0.4) is 0 Å². The van der Waals surface area contributed by atoms with Gasteiger partial charge in [0.1, 0.15) is 35.7 Å². The molecular weight excluding hydrogens is 545 g/mol. The molecule has 0 aliphatic heterocycles. The maximum atomic E-state index is 12.2. The number of rotatable bonds is 6. The number of nitrogens with zero attached hydrogens (tertiary/aromatic N) is 2. The second-order valence-corrected chi connectivity index (χ2v) is 10.1. The Balaban J connectivity index is 0.00000363. The number of hydrogen-bond acceptors (Lipinski definition) is 12. The van der Waals surface area contributed by atoms with Crippen LogP contribution in [0, 0.1) is 0 Å². The largest absolute Gasteiger partial charge is 1.00 e. The Morgan fingerprint density at radius 1 is 0.735 bits per heavy atom. The standard InChI is InChI=1S/C16H12N2O10S3.3Na/c19-28-31(26,27)15-13-4-2-1-3-10(13)9-14(16(15)30(23,24)25)18-17-11-5-7-12(8-6-11)29(20,21)22;;;/h1-9,19H,(H,20,21,22)(H,23,24,25);;;/q;3*+1/p-2. The molecule has 0 radical (unpaired) electrons. The van der Waals surface area contributed by atoms with Crippen molar-refractivity contribution in [3.05, 3.63) is 54.6 Å². The first-order chi connectivity index (χ1) is 14.3. The Morgan fingerprint density at radius 2 is 1.29 bits per heavy atom. The number of hydrogen-bond donors (Lipinski definition) is 1. The molecule has 0 saturated carbocycles. The zero-order chi connectivity index (χ0) is 23.0. The maximum absolute atomic E-state index is 12.2. The minimum atomic E-state index is -5.47. The predicted octanol–water partition coefficient (Wildman–Crippen LogP) is -6.75. The van der Waals surface area contributed by atoms with Gasteiger partial charge in [0.2, 0.25) is 0 Å². The molecule has 0 spiro atoms. The van der Waals surface area contributed by atoms with Crippen molar-refractivity contribution < 1.29 is 133 Å². The molecule has 0 fully saturated rings. The van der Waals surface area contributed by atoms with Crippen LogP contribution in [-0.2, 0) is 34.7 Å². The molecule has 12 nitrogen and oxygen atoms in total. The Kier molecular flexibility index (Phi) is 13.2. The van der Waals surface area contributed by atoms with Crippen LogP contribution in [0.25, 0.3) is 10.8 Å². The molecule has 0 bridgehead atoms. The number of azo groups is 1. The van der Waals surface area contributed by atoms with Crippen LogP contribution < -0.4 is 88.7 Å². The van der Waals surface area contributed by atoms with Crippen molar-refractivity contribution in [2.45, 2.75) is 14.7 Å². The van der Waals surface area contributed by atoms with Crippen molar-refractivity contribution in [1.82, 2.24) is 0 Å². The molecule has 0 aliphatic rings. The SMILES string of the molecule is O=S(=O)([O-])c1ccc(N=Nc2cc3ccccc3c(S(=O)(=O)OO)c2S(=O)(=O)[O-])cc1.[Na+].[Na+].[Na+]. The fraction of sp³-hybridized carbons (Fsp3) is 0. The van der Waals surface area contributed by atoms with Gasteiger partial charge in [-0.3, -0.25) is 0 Å². The fourth-order valence-corrected chi connectivity index (χ4v) is 5.31. The molecule has 0 amide bonds. The summed E-state index contributed by atoms with van der Waals surface area (Å²) in [6, 6.07) is 10.5. The minimum absolute atomic E-state index is 0. The number of fused-ring (bicyclic) bond motifs is 1. The van der Waals surface area contributed by atoms with Crippen LogP contribution in [0.15, 0.2) is 79.5 Å². The van der Waals surface area contributed by atoms with Crippen LogP contribution in [0.4, 0.5) is 11.4 Å². The first-order valence-corrected chi connectivity index (χ1v) is 12.1. The van der Waals surface area contributed by atoms with Gasteiger partial charge >= 0.3 is 98.8 Å². The second kappa shape index (κ2) is 13.1. The van der Waals surface area contributed by atoms with Gasteiger partial charge in [-0.25, -0.2) is 22.1 Å². The van der Waals surface area contributed by atoms with E-state index in [9.17, 15) is 34.4 Å². The maximum Gasteiger partial charge on any atom is 1.00 e. The summed E-state index contributed by atoms with van der Waals surface area (Å²) in [5, 5.41) is 15.9. The molecular formula is C16H10N2Na3O10S3+. The third-order valence-electron chi connectivity index (χ3n) is 3.93. The van der Waals surface area contributed by atoms with Crippen LogP contribution in [-0.4, -0.2) is 39.6 Å². The molecule has 0 unspecified atom stereocenters. The van der Waals surface area contributed by atoms with E-state index in [0.29, 0.717) is 0 Å². The minimum Gasteiger partial charge on any atom is -0.744 e. The van der Waals surface area contributed by atoms with Gasteiger partial charge in [-0.2, -0.15) is 13.5 Å². The van der Waals surface area contributed by atoms with E-state index in [1.165, 1.54) is 24.3 Å². The van der Waals surface area contributed by atoms with Gasteiger partial charge in [0.05, 0.1) is 10.6 Å². The van der Waals surface area contributed by atoms with Crippen molar-refractivity contribution in [3.63, 3.8) is 0 Å². The summed E-state index contributed by atoms with van der Waals surface area (Å²) in [5.41, 5.74) is -0.720. The van der Waals surface area contributed by atoms with Gasteiger partial charge in [-0.15, -0.1) is 9.45 Å². The predicted molar refractivity (Wildman–Crippen MR) is 101 cm³/mol. The van der Waals surface area contributed by atoms with E-state index < -0.39 is 50.7 Å². The zero-order valence-electron chi connectivity index (χ0n) is 17.9. The van der Waals surface area contributed by atoms with Gasteiger partial charge in [-0.1, -0.05) is 24.3 Å². The molecule has 0 aliphatic carbocycles. The summed E-state index contributed by atoms with van der Waals surface area (Å²) in [5.74, 6) is 0.